The summed E-state index contributed by atoms with van der Waals surface area (Å²) < 4.78 is 1.86. The van der Waals surface area contributed by atoms with Crippen LogP contribution in [0.2, 0.25) is 0 Å². The third kappa shape index (κ3) is 3.12. The molecule has 2 aliphatic carbocycles. The molecule has 20 heavy (non-hydrogen) atoms. The molecule has 2 fully saturated rings. The van der Waals surface area contributed by atoms with Crippen LogP contribution >= 0.6 is 11.8 Å². The average Bonchev–Trinajstić information content (AvgIpc) is 3.32. The lowest BCUT2D eigenvalue weighted by Gasteiger charge is -2.26. The monoisotopic (exact) mass is 297 g/mol. The summed E-state index contributed by atoms with van der Waals surface area (Å²) in [6.07, 6.45) is 4.98. The minimum atomic E-state index is -0.855. The Morgan fingerprint density at radius 1 is 1.50 bits per heavy atom. The zero-order valence-electron chi connectivity index (χ0n) is 11.4. The lowest BCUT2D eigenvalue weighted by molar-refractivity contribution is -0.144. The Kier molecular flexibility index (Phi) is 3.68. The zero-order chi connectivity index (χ0) is 14.2. The number of nitrogens with one attached hydrogen (secondary N) is 1. The second kappa shape index (κ2) is 5.33. The van der Waals surface area contributed by atoms with Crippen molar-refractivity contribution in [1.29, 1.82) is 0 Å². The maximum atomic E-state index is 11.4. The summed E-state index contributed by atoms with van der Waals surface area (Å²) in [5.74, 6) is -0.0953. The molecule has 0 spiro atoms. The number of thioether (sulfide) groups is 1. The van der Waals surface area contributed by atoms with Gasteiger partial charge in [-0.05, 0) is 49.5 Å². The fraction of sp³-hybridized carbons (Fsp3) is 0.833. The van der Waals surface area contributed by atoms with Crippen molar-refractivity contribution in [3.05, 3.63) is 0 Å². The number of carbonyl (C=O) groups is 1. The molecule has 3 rings (SSSR count). The van der Waals surface area contributed by atoms with Gasteiger partial charge in [-0.1, -0.05) is 11.8 Å². The molecule has 1 atom stereocenters. The van der Waals surface area contributed by atoms with Crippen molar-refractivity contribution in [2.24, 2.45) is 0 Å². The highest BCUT2D eigenvalue weighted by molar-refractivity contribution is 7.99. The van der Waals surface area contributed by atoms with Crippen molar-refractivity contribution < 1.29 is 9.90 Å². The van der Waals surface area contributed by atoms with E-state index < -0.39 is 11.5 Å². The smallest absolute Gasteiger partial charge is 0.323 e. The standard InChI is InChI=1S/C12H19N5O2S/c1-12(10(18)19,13-8-2-3-8)6-7-20-11-14-15-16-17(11)9-4-5-9/h8-9,13H,2-7H2,1H3,(H,18,19). The minimum Gasteiger partial charge on any atom is -0.480 e. The van der Waals surface area contributed by atoms with E-state index in [2.05, 4.69) is 20.8 Å². The quantitative estimate of drug-likeness (QED) is 0.694. The second-order valence-corrected chi connectivity index (χ2v) is 6.85. The van der Waals surface area contributed by atoms with Crippen LogP contribution in [0.3, 0.4) is 0 Å². The highest BCUT2D eigenvalue weighted by Gasteiger charge is 2.38. The molecule has 1 heterocycles. The Hall–Kier alpha value is -1.15. The van der Waals surface area contributed by atoms with Crippen LogP contribution in [0.25, 0.3) is 0 Å². The number of rotatable bonds is 8. The summed E-state index contributed by atoms with van der Waals surface area (Å²) in [6.45, 7) is 1.76. The minimum absolute atomic E-state index is 0.373. The van der Waals surface area contributed by atoms with E-state index in [0.29, 0.717) is 24.3 Å². The Morgan fingerprint density at radius 2 is 2.25 bits per heavy atom. The molecule has 0 aromatic carbocycles. The molecular formula is C12H19N5O2S. The molecule has 110 valence electrons. The van der Waals surface area contributed by atoms with Gasteiger partial charge in [0.1, 0.15) is 5.54 Å². The van der Waals surface area contributed by atoms with Gasteiger partial charge < -0.3 is 5.11 Å². The van der Waals surface area contributed by atoms with Crippen molar-refractivity contribution in [3.8, 4) is 0 Å². The van der Waals surface area contributed by atoms with Crippen LogP contribution in [0, 0.1) is 0 Å². The number of carboxylic acid groups (broad SMARTS) is 1. The first-order chi connectivity index (χ1) is 9.58. The molecule has 1 aromatic heterocycles. The third-order valence-electron chi connectivity index (χ3n) is 3.76. The van der Waals surface area contributed by atoms with Gasteiger partial charge in [0.15, 0.2) is 0 Å². The summed E-state index contributed by atoms with van der Waals surface area (Å²) >= 11 is 1.54. The van der Waals surface area contributed by atoms with E-state index in [4.69, 9.17) is 0 Å². The molecule has 2 aliphatic rings. The Morgan fingerprint density at radius 3 is 2.85 bits per heavy atom. The number of aliphatic carboxylic acids is 1. The van der Waals surface area contributed by atoms with Crippen molar-refractivity contribution >= 4 is 17.7 Å². The van der Waals surface area contributed by atoms with Crippen LogP contribution in [0.1, 0.15) is 45.1 Å². The van der Waals surface area contributed by atoms with Crippen LogP contribution in [0.4, 0.5) is 0 Å². The van der Waals surface area contributed by atoms with E-state index in [1.165, 1.54) is 11.8 Å². The van der Waals surface area contributed by atoms with E-state index in [1.807, 2.05) is 4.68 Å². The summed E-state index contributed by atoms with van der Waals surface area (Å²) in [5, 5.41) is 25.1. The van der Waals surface area contributed by atoms with E-state index in [9.17, 15) is 9.90 Å². The van der Waals surface area contributed by atoms with Gasteiger partial charge in [0.05, 0.1) is 6.04 Å². The Labute approximate surface area is 121 Å². The van der Waals surface area contributed by atoms with E-state index in [0.717, 1.165) is 30.8 Å². The molecule has 7 nitrogen and oxygen atoms in total. The zero-order valence-corrected chi connectivity index (χ0v) is 12.3. The van der Waals surface area contributed by atoms with Gasteiger partial charge >= 0.3 is 5.97 Å². The normalized spacial score (nSPS) is 21.6. The predicted molar refractivity (Wildman–Crippen MR) is 73.6 cm³/mol. The molecule has 2 N–H and O–H groups in total. The van der Waals surface area contributed by atoms with E-state index in [1.54, 1.807) is 6.92 Å². The molecule has 0 bridgehead atoms. The van der Waals surface area contributed by atoms with Gasteiger partial charge in [0, 0.05) is 11.8 Å². The highest BCUT2D eigenvalue weighted by Crippen LogP contribution is 2.36. The third-order valence-corrected chi connectivity index (χ3v) is 4.70. The summed E-state index contributed by atoms with van der Waals surface area (Å²) in [4.78, 5) is 11.4. The van der Waals surface area contributed by atoms with Gasteiger partial charge in [0.2, 0.25) is 5.16 Å². The molecule has 0 saturated heterocycles. The van der Waals surface area contributed by atoms with Crippen LogP contribution in [-0.2, 0) is 4.79 Å². The largest absolute Gasteiger partial charge is 0.480 e. The average molecular weight is 297 g/mol. The summed E-state index contributed by atoms with van der Waals surface area (Å²) in [6, 6.07) is 0.820. The second-order valence-electron chi connectivity index (χ2n) is 5.79. The first kappa shape index (κ1) is 13.8. The van der Waals surface area contributed by atoms with Crippen molar-refractivity contribution in [3.63, 3.8) is 0 Å². The molecule has 2 saturated carbocycles. The Bertz CT molecular complexity index is 500. The molecule has 1 unspecified atom stereocenters. The van der Waals surface area contributed by atoms with Crippen LogP contribution < -0.4 is 5.32 Å². The molecule has 1 aromatic rings. The number of nitrogens with zero attached hydrogens (tertiary/aromatic N) is 4. The highest BCUT2D eigenvalue weighted by atomic mass is 32.2. The van der Waals surface area contributed by atoms with E-state index >= 15 is 0 Å². The van der Waals surface area contributed by atoms with Gasteiger partial charge in [-0.2, -0.15) is 0 Å². The summed E-state index contributed by atoms with van der Waals surface area (Å²) in [7, 11) is 0. The lowest BCUT2D eigenvalue weighted by atomic mass is 9.99. The molecule has 0 aliphatic heterocycles. The number of hydrogen-bond donors (Lipinski definition) is 2. The van der Waals surface area contributed by atoms with Crippen molar-refractivity contribution in [1.82, 2.24) is 25.5 Å². The van der Waals surface area contributed by atoms with Gasteiger partial charge in [-0.15, -0.1) is 5.10 Å². The van der Waals surface area contributed by atoms with Crippen LogP contribution in [0.15, 0.2) is 5.16 Å². The Balaban J connectivity index is 1.54. The maximum Gasteiger partial charge on any atom is 0.323 e. The molecule has 0 radical (unpaired) electrons. The molecule has 8 heteroatoms. The molecule has 0 amide bonds. The van der Waals surface area contributed by atoms with Crippen molar-refractivity contribution in [2.75, 3.05) is 5.75 Å². The topological polar surface area (TPSA) is 92.9 Å². The van der Waals surface area contributed by atoms with Gasteiger partial charge in [0.25, 0.3) is 0 Å². The van der Waals surface area contributed by atoms with Crippen LogP contribution in [-0.4, -0.2) is 48.6 Å². The number of carboxylic acids is 1. The van der Waals surface area contributed by atoms with Crippen LogP contribution in [0.5, 0.6) is 0 Å². The van der Waals surface area contributed by atoms with E-state index in [-0.39, 0.29) is 0 Å². The fourth-order valence-electron chi connectivity index (χ4n) is 2.09. The van der Waals surface area contributed by atoms with Crippen molar-refractivity contribution in [2.45, 2.75) is 61.8 Å². The SMILES string of the molecule is CC(CCSc1nnnn1C1CC1)(NC1CC1)C(=O)O. The predicted octanol–water partition coefficient (Wildman–Crippen LogP) is 1.09. The number of tetrazole rings is 1. The first-order valence-corrected chi connectivity index (χ1v) is 7.99. The van der Waals surface area contributed by atoms with Gasteiger partial charge in [-0.25, -0.2) is 4.68 Å². The van der Waals surface area contributed by atoms with Gasteiger partial charge in [-0.3, -0.25) is 10.1 Å². The first-order valence-electron chi connectivity index (χ1n) is 7.00. The number of aromatic nitrogens is 4. The fourth-order valence-corrected chi connectivity index (χ4v) is 3.20. The lowest BCUT2D eigenvalue weighted by Crippen LogP contribution is -2.51. The number of hydrogen-bond acceptors (Lipinski definition) is 6. The summed E-state index contributed by atoms with van der Waals surface area (Å²) in [5.41, 5.74) is -0.855. The maximum absolute atomic E-state index is 11.4. The molecular weight excluding hydrogens is 278 g/mol.